The Balaban J connectivity index is 1.92. The molecule has 0 unspecified atom stereocenters. The number of nitrogens with zero attached hydrogens (tertiary/aromatic N) is 4. The van der Waals surface area contributed by atoms with Crippen molar-refractivity contribution in [2.24, 2.45) is 0 Å². The molecule has 0 amide bonds. The van der Waals surface area contributed by atoms with Crippen LogP contribution in [0.25, 0.3) is 16.9 Å². The molecule has 0 saturated heterocycles. The molecule has 1 N–H and O–H groups in total. The molecule has 2 aromatic heterocycles. The predicted octanol–water partition coefficient (Wildman–Crippen LogP) is 1.82. The molecule has 0 atom stereocenters. The van der Waals surface area contributed by atoms with E-state index in [0.29, 0.717) is 0 Å². The van der Waals surface area contributed by atoms with E-state index in [1.807, 2.05) is 42.6 Å². The third kappa shape index (κ3) is 2.36. The van der Waals surface area contributed by atoms with E-state index in [9.17, 15) is 0 Å². The Labute approximate surface area is 110 Å². The largest absolute Gasteiger partial charge is 0.392 e. The zero-order valence-electron chi connectivity index (χ0n) is 10.1. The second kappa shape index (κ2) is 4.99. The monoisotopic (exact) mass is 252 g/mol. The normalized spacial score (nSPS) is 10.6. The van der Waals surface area contributed by atoms with Crippen LogP contribution in [0.5, 0.6) is 0 Å². The van der Waals surface area contributed by atoms with Crippen LogP contribution in [0.1, 0.15) is 5.56 Å². The number of hydrogen-bond donors (Lipinski definition) is 1. The van der Waals surface area contributed by atoms with Crippen LogP contribution in [0.4, 0.5) is 0 Å². The van der Waals surface area contributed by atoms with E-state index in [2.05, 4.69) is 15.3 Å². The van der Waals surface area contributed by atoms with Gasteiger partial charge in [0.25, 0.3) is 0 Å². The van der Waals surface area contributed by atoms with E-state index in [1.54, 1.807) is 17.1 Å². The van der Waals surface area contributed by atoms with Gasteiger partial charge in [0.2, 0.25) is 0 Å². The van der Waals surface area contributed by atoms with E-state index in [4.69, 9.17) is 5.11 Å². The molecule has 94 valence electrons. The Morgan fingerprint density at radius 2 is 1.95 bits per heavy atom. The number of aromatic nitrogens is 4. The Morgan fingerprint density at radius 3 is 2.63 bits per heavy atom. The molecule has 0 radical (unpaired) electrons. The van der Waals surface area contributed by atoms with Crippen LogP contribution in [0.2, 0.25) is 0 Å². The van der Waals surface area contributed by atoms with Crippen LogP contribution >= 0.6 is 0 Å². The van der Waals surface area contributed by atoms with Crippen molar-refractivity contribution in [3.63, 3.8) is 0 Å². The highest BCUT2D eigenvalue weighted by Crippen LogP contribution is 2.16. The van der Waals surface area contributed by atoms with E-state index < -0.39 is 0 Å². The number of aliphatic hydroxyl groups excluding tert-OH is 1. The first-order valence-corrected chi connectivity index (χ1v) is 5.90. The van der Waals surface area contributed by atoms with E-state index in [0.717, 1.165) is 22.5 Å². The zero-order valence-corrected chi connectivity index (χ0v) is 10.1. The standard InChI is InChI=1S/C14H12N4O/c19-10-11-3-5-13(6-4-11)18-9-14(16-17-18)12-2-1-7-15-8-12/h1-9,19H,10H2. The molecule has 2 heterocycles. The lowest BCUT2D eigenvalue weighted by molar-refractivity contribution is 0.282. The smallest absolute Gasteiger partial charge is 0.115 e. The van der Waals surface area contributed by atoms with Crippen LogP contribution in [-0.2, 0) is 6.61 Å². The Bertz CT molecular complexity index is 661. The van der Waals surface area contributed by atoms with Crippen molar-refractivity contribution in [1.29, 1.82) is 0 Å². The summed E-state index contributed by atoms with van der Waals surface area (Å²) in [7, 11) is 0. The van der Waals surface area contributed by atoms with Gasteiger partial charge in [0, 0.05) is 18.0 Å². The molecule has 3 rings (SSSR count). The fourth-order valence-corrected chi connectivity index (χ4v) is 1.79. The Morgan fingerprint density at radius 1 is 1.11 bits per heavy atom. The average Bonchev–Trinajstić information content (AvgIpc) is 2.98. The van der Waals surface area contributed by atoms with Gasteiger partial charge in [-0.2, -0.15) is 0 Å². The average molecular weight is 252 g/mol. The predicted molar refractivity (Wildman–Crippen MR) is 70.5 cm³/mol. The second-order valence-electron chi connectivity index (χ2n) is 4.11. The number of hydrogen-bond acceptors (Lipinski definition) is 4. The summed E-state index contributed by atoms with van der Waals surface area (Å²) in [5, 5.41) is 17.2. The minimum absolute atomic E-state index is 0.0402. The molecule has 5 nitrogen and oxygen atoms in total. The molecule has 0 aliphatic heterocycles. The molecule has 3 aromatic rings. The maximum Gasteiger partial charge on any atom is 0.115 e. The van der Waals surface area contributed by atoms with Crippen LogP contribution in [0.15, 0.2) is 55.0 Å². The summed E-state index contributed by atoms with van der Waals surface area (Å²) in [5.41, 5.74) is 3.48. The Kier molecular flexibility index (Phi) is 3.04. The first kappa shape index (κ1) is 11.6. The number of rotatable bonds is 3. The quantitative estimate of drug-likeness (QED) is 0.772. The molecule has 0 spiro atoms. The van der Waals surface area contributed by atoms with Gasteiger partial charge in [-0.25, -0.2) is 4.68 Å². The van der Waals surface area contributed by atoms with Crippen molar-refractivity contribution >= 4 is 0 Å². The van der Waals surface area contributed by atoms with Crippen molar-refractivity contribution in [1.82, 2.24) is 20.0 Å². The first-order chi connectivity index (χ1) is 9.36. The van der Waals surface area contributed by atoms with Gasteiger partial charge in [-0.3, -0.25) is 4.98 Å². The van der Waals surface area contributed by atoms with Crippen molar-refractivity contribution in [3.05, 3.63) is 60.6 Å². The van der Waals surface area contributed by atoms with Crippen LogP contribution < -0.4 is 0 Å². The molecule has 0 aliphatic rings. The van der Waals surface area contributed by atoms with Crippen LogP contribution in [0, 0.1) is 0 Å². The van der Waals surface area contributed by atoms with Gasteiger partial charge < -0.3 is 5.11 Å². The van der Waals surface area contributed by atoms with Gasteiger partial charge in [-0.1, -0.05) is 17.3 Å². The summed E-state index contributed by atoms with van der Waals surface area (Å²) in [6, 6.07) is 11.3. The summed E-state index contributed by atoms with van der Waals surface area (Å²) in [4.78, 5) is 4.06. The third-order valence-electron chi connectivity index (χ3n) is 2.83. The maximum absolute atomic E-state index is 9.01. The summed E-state index contributed by atoms with van der Waals surface area (Å²) in [6.45, 7) is 0.0402. The molecule has 19 heavy (non-hydrogen) atoms. The number of pyridine rings is 1. The minimum atomic E-state index is 0.0402. The van der Waals surface area contributed by atoms with Gasteiger partial charge in [0.15, 0.2) is 0 Å². The maximum atomic E-state index is 9.01. The van der Waals surface area contributed by atoms with Gasteiger partial charge in [0.05, 0.1) is 18.5 Å². The van der Waals surface area contributed by atoms with E-state index in [-0.39, 0.29) is 6.61 Å². The summed E-state index contributed by atoms with van der Waals surface area (Å²) in [5.74, 6) is 0. The molecule has 0 aliphatic carbocycles. The SMILES string of the molecule is OCc1ccc(-n2cc(-c3cccnc3)nn2)cc1. The van der Waals surface area contributed by atoms with E-state index >= 15 is 0 Å². The first-order valence-electron chi connectivity index (χ1n) is 5.90. The zero-order chi connectivity index (χ0) is 13.1. The highest BCUT2D eigenvalue weighted by molar-refractivity contribution is 5.56. The molecule has 1 aromatic carbocycles. The topological polar surface area (TPSA) is 63.8 Å². The fourth-order valence-electron chi connectivity index (χ4n) is 1.79. The van der Waals surface area contributed by atoms with Gasteiger partial charge in [0.1, 0.15) is 5.69 Å². The lowest BCUT2D eigenvalue weighted by Gasteiger charge is -2.00. The molecular weight excluding hydrogens is 240 g/mol. The molecule has 0 fully saturated rings. The summed E-state index contributed by atoms with van der Waals surface area (Å²) in [6.07, 6.45) is 5.33. The van der Waals surface area contributed by atoms with Crippen molar-refractivity contribution in [2.75, 3.05) is 0 Å². The molecular formula is C14H12N4O. The van der Waals surface area contributed by atoms with Crippen LogP contribution in [0.3, 0.4) is 0 Å². The van der Waals surface area contributed by atoms with Gasteiger partial charge in [-0.05, 0) is 29.8 Å². The number of aliphatic hydroxyl groups is 1. The second-order valence-corrected chi connectivity index (χ2v) is 4.11. The van der Waals surface area contributed by atoms with Crippen molar-refractivity contribution in [3.8, 4) is 16.9 Å². The molecule has 0 bridgehead atoms. The number of benzene rings is 1. The van der Waals surface area contributed by atoms with Gasteiger partial charge in [-0.15, -0.1) is 5.10 Å². The summed E-state index contributed by atoms with van der Waals surface area (Å²) < 4.78 is 1.70. The third-order valence-corrected chi connectivity index (χ3v) is 2.83. The minimum Gasteiger partial charge on any atom is -0.392 e. The Hall–Kier alpha value is -2.53. The highest BCUT2D eigenvalue weighted by Gasteiger charge is 2.05. The van der Waals surface area contributed by atoms with E-state index in [1.165, 1.54) is 0 Å². The van der Waals surface area contributed by atoms with Crippen LogP contribution in [-0.4, -0.2) is 25.1 Å². The van der Waals surface area contributed by atoms with Crippen molar-refractivity contribution in [2.45, 2.75) is 6.61 Å². The highest BCUT2D eigenvalue weighted by atomic mass is 16.3. The van der Waals surface area contributed by atoms with Gasteiger partial charge >= 0.3 is 0 Å². The van der Waals surface area contributed by atoms with Crippen molar-refractivity contribution < 1.29 is 5.11 Å². The fraction of sp³-hybridized carbons (Fsp3) is 0.0714. The molecule has 5 heteroatoms. The lowest BCUT2D eigenvalue weighted by atomic mass is 10.2. The summed E-state index contributed by atoms with van der Waals surface area (Å²) >= 11 is 0. The lowest BCUT2D eigenvalue weighted by Crippen LogP contribution is -1.95. The molecule has 0 saturated carbocycles.